The topological polar surface area (TPSA) is 48.7 Å². The van der Waals surface area contributed by atoms with Gasteiger partial charge in [-0.1, -0.05) is 11.6 Å². The van der Waals surface area contributed by atoms with Gasteiger partial charge in [-0.25, -0.2) is 0 Å². The van der Waals surface area contributed by atoms with E-state index in [-0.39, 0.29) is 6.04 Å². The van der Waals surface area contributed by atoms with E-state index in [4.69, 9.17) is 16.9 Å². The minimum Gasteiger partial charge on any atom is -0.381 e. The lowest BCUT2D eigenvalue weighted by Gasteiger charge is -2.10. The molecule has 0 amide bonds. The number of aromatic nitrogens is 1. The smallest absolute Gasteiger partial charge is 0.103 e. The first kappa shape index (κ1) is 9.82. The second kappa shape index (κ2) is 4.11. The van der Waals surface area contributed by atoms with Crippen LogP contribution in [0.3, 0.4) is 0 Å². The monoisotopic (exact) mass is 195 g/mol. The maximum atomic E-state index is 8.81. The first-order valence-corrected chi connectivity index (χ1v) is 4.33. The first-order valence-electron chi connectivity index (χ1n) is 3.95. The molecule has 1 N–H and O–H groups in total. The van der Waals surface area contributed by atoms with E-state index in [1.54, 1.807) is 6.20 Å². The summed E-state index contributed by atoms with van der Waals surface area (Å²) in [5.74, 6) is 0. The standard InChI is InChI=1S/C9H10ClN3/c1-6(2)13-9-5-12-4-8(10)7(9)3-11/h4-6,13H,1-2H3. The highest BCUT2D eigenvalue weighted by molar-refractivity contribution is 6.32. The largest absolute Gasteiger partial charge is 0.381 e. The lowest BCUT2D eigenvalue weighted by molar-refractivity contribution is 0.897. The molecule has 13 heavy (non-hydrogen) atoms. The van der Waals surface area contributed by atoms with Crippen LogP contribution in [0.4, 0.5) is 5.69 Å². The van der Waals surface area contributed by atoms with E-state index in [9.17, 15) is 0 Å². The number of nitrogens with zero attached hydrogens (tertiary/aromatic N) is 2. The van der Waals surface area contributed by atoms with Crippen molar-refractivity contribution in [1.29, 1.82) is 5.26 Å². The second-order valence-corrected chi connectivity index (χ2v) is 3.36. The minimum absolute atomic E-state index is 0.257. The molecule has 3 nitrogen and oxygen atoms in total. The van der Waals surface area contributed by atoms with E-state index >= 15 is 0 Å². The van der Waals surface area contributed by atoms with E-state index in [0.29, 0.717) is 16.3 Å². The van der Waals surface area contributed by atoms with Crippen LogP contribution in [-0.2, 0) is 0 Å². The van der Waals surface area contributed by atoms with Gasteiger partial charge >= 0.3 is 0 Å². The Labute approximate surface area is 82.4 Å². The predicted octanol–water partition coefficient (Wildman–Crippen LogP) is 2.43. The van der Waals surface area contributed by atoms with Gasteiger partial charge in [0.25, 0.3) is 0 Å². The van der Waals surface area contributed by atoms with Gasteiger partial charge in [0.2, 0.25) is 0 Å². The molecule has 0 bridgehead atoms. The normalized spacial score (nSPS) is 9.77. The predicted molar refractivity (Wildman–Crippen MR) is 52.7 cm³/mol. The molecule has 1 rings (SSSR count). The van der Waals surface area contributed by atoms with Crippen LogP contribution < -0.4 is 5.32 Å². The number of anilines is 1. The van der Waals surface area contributed by atoms with Gasteiger partial charge in [0.15, 0.2) is 0 Å². The molecular weight excluding hydrogens is 186 g/mol. The molecule has 0 saturated heterocycles. The number of hydrogen-bond acceptors (Lipinski definition) is 3. The molecule has 0 atom stereocenters. The lowest BCUT2D eigenvalue weighted by Crippen LogP contribution is -2.11. The zero-order valence-corrected chi connectivity index (χ0v) is 8.26. The van der Waals surface area contributed by atoms with E-state index in [2.05, 4.69) is 10.3 Å². The van der Waals surface area contributed by atoms with Gasteiger partial charge in [-0.15, -0.1) is 0 Å². The third-order valence-electron chi connectivity index (χ3n) is 1.46. The summed E-state index contributed by atoms with van der Waals surface area (Å²) in [6, 6.07) is 2.29. The van der Waals surface area contributed by atoms with Crippen LogP contribution in [0.1, 0.15) is 19.4 Å². The van der Waals surface area contributed by atoms with Crippen molar-refractivity contribution >= 4 is 17.3 Å². The summed E-state index contributed by atoms with van der Waals surface area (Å²) >= 11 is 5.79. The van der Waals surface area contributed by atoms with Gasteiger partial charge < -0.3 is 5.32 Å². The zero-order chi connectivity index (χ0) is 9.84. The summed E-state index contributed by atoms with van der Waals surface area (Å²) in [5.41, 5.74) is 1.13. The number of nitrogens with one attached hydrogen (secondary N) is 1. The molecule has 0 unspecified atom stereocenters. The van der Waals surface area contributed by atoms with Gasteiger partial charge in [-0.05, 0) is 13.8 Å². The van der Waals surface area contributed by atoms with Crippen LogP contribution in [0.5, 0.6) is 0 Å². The number of pyridine rings is 1. The molecule has 0 spiro atoms. The summed E-state index contributed by atoms with van der Waals surface area (Å²) in [4.78, 5) is 3.90. The SMILES string of the molecule is CC(C)Nc1cncc(Cl)c1C#N. The average molecular weight is 196 g/mol. The maximum absolute atomic E-state index is 8.81. The lowest BCUT2D eigenvalue weighted by atomic mass is 10.2. The van der Waals surface area contributed by atoms with Crippen molar-refractivity contribution in [3.05, 3.63) is 23.0 Å². The van der Waals surface area contributed by atoms with Crippen molar-refractivity contribution in [2.24, 2.45) is 0 Å². The van der Waals surface area contributed by atoms with Crippen molar-refractivity contribution in [3.63, 3.8) is 0 Å². The Morgan fingerprint density at radius 1 is 1.54 bits per heavy atom. The number of nitriles is 1. The van der Waals surface area contributed by atoms with Crippen LogP contribution in [0.25, 0.3) is 0 Å². The molecule has 4 heteroatoms. The Balaban J connectivity index is 3.07. The van der Waals surface area contributed by atoms with Crippen molar-refractivity contribution in [3.8, 4) is 6.07 Å². The Hall–Kier alpha value is -1.27. The van der Waals surface area contributed by atoms with Crippen molar-refractivity contribution in [1.82, 2.24) is 4.98 Å². The van der Waals surface area contributed by atoms with Crippen molar-refractivity contribution in [2.75, 3.05) is 5.32 Å². The molecule has 0 aliphatic carbocycles. The molecule has 0 saturated carbocycles. The van der Waals surface area contributed by atoms with Crippen LogP contribution >= 0.6 is 11.6 Å². The van der Waals surface area contributed by atoms with E-state index in [0.717, 1.165) is 0 Å². The van der Waals surface area contributed by atoms with E-state index < -0.39 is 0 Å². The highest BCUT2D eigenvalue weighted by atomic mass is 35.5. The number of rotatable bonds is 2. The average Bonchev–Trinajstić information content (AvgIpc) is 2.03. The molecule has 0 aromatic carbocycles. The molecule has 1 heterocycles. The van der Waals surface area contributed by atoms with Crippen LogP contribution in [0.15, 0.2) is 12.4 Å². The summed E-state index contributed by atoms with van der Waals surface area (Å²) < 4.78 is 0. The minimum atomic E-state index is 0.257. The fourth-order valence-electron chi connectivity index (χ4n) is 0.969. The summed E-state index contributed by atoms with van der Waals surface area (Å²) in [6.07, 6.45) is 3.07. The second-order valence-electron chi connectivity index (χ2n) is 2.95. The number of hydrogen-bond donors (Lipinski definition) is 1. The fourth-order valence-corrected chi connectivity index (χ4v) is 1.17. The highest BCUT2D eigenvalue weighted by Crippen LogP contribution is 2.21. The molecule has 1 aromatic rings. The molecule has 0 radical (unpaired) electrons. The molecule has 0 aliphatic rings. The van der Waals surface area contributed by atoms with Crippen molar-refractivity contribution in [2.45, 2.75) is 19.9 Å². The summed E-state index contributed by atoms with van der Waals surface area (Å²) in [7, 11) is 0. The Kier molecular flexibility index (Phi) is 3.10. The Bertz CT molecular complexity index is 341. The van der Waals surface area contributed by atoms with Gasteiger partial charge in [0, 0.05) is 12.2 Å². The summed E-state index contributed by atoms with van der Waals surface area (Å²) in [6.45, 7) is 3.98. The third-order valence-corrected chi connectivity index (χ3v) is 1.74. The van der Waals surface area contributed by atoms with Gasteiger partial charge in [-0.2, -0.15) is 5.26 Å². The maximum Gasteiger partial charge on any atom is 0.103 e. The molecule has 0 aliphatic heterocycles. The molecule has 68 valence electrons. The zero-order valence-electron chi connectivity index (χ0n) is 7.50. The Morgan fingerprint density at radius 3 is 2.77 bits per heavy atom. The van der Waals surface area contributed by atoms with E-state index in [1.807, 2.05) is 19.9 Å². The van der Waals surface area contributed by atoms with Crippen LogP contribution in [-0.4, -0.2) is 11.0 Å². The van der Waals surface area contributed by atoms with Crippen LogP contribution in [0, 0.1) is 11.3 Å². The third kappa shape index (κ3) is 2.33. The van der Waals surface area contributed by atoms with Gasteiger partial charge in [0.05, 0.1) is 22.5 Å². The van der Waals surface area contributed by atoms with Gasteiger partial charge in [0.1, 0.15) is 6.07 Å². The first-order chi connectivity index (χ1) is 6.15. The Morgan fingerprint density at radius 2 is 2.23 bits per heavy atom. The van der Waals surface area contributed by atoms with E-state index in [1.165, 1.54) is 6.20 Å². The molecule has 1 aromatic heterocycles. The summed E-state index contributed by atoms with van der Waals surface area (Å²) in [5, 5.41) is 12.3. The molecular formula is C9H10ClN3. The highest BCUT2D eigenvalue weighted by Gasteiger charge is 2.07. The van der Waals surface area contributed by atoms with Gasteiger partial charge in [-0.3, -0.25) is 4.98 Å². The molecule has 0 fully saturated rings. The quantitative estimate of drug-likeness (QED) is 0.789. The van der Waals surface area contributed by atoms with Crippen LogP contribution in [0.2, 0.25) is 5.02 Å². The number of halogens is 1. The fraction of sp³-hybridized carbons (Fsp3) is 0.333. The van der Waals surface area contributed by atoms with Crippen molar-refractivity contribution < 1.29 is 0 Å².